The van der Waals surface area contributed by atoms with Crippen LogP contribution in [0.15, 0.2) is 47.4 Å². The molecule has 1 saturated heterocycles. The molecule has 4 rings (SSSR count). The summed E-state index contributed by atoms with van der Waals surface area (Å²) < 4.78 is 63.4. The molecule has 6 nitrogen and oxygen atoms in total. The molecular formula is C27H36F2N2O4S. The molecule has 3 unspecified atom stereocenters. The monoisotopic (exact) mass is 522 g/mol. The number of hydrogen-bond acceptors (Lipinski definition) is 5. The van der Waals surface area contributed by atoms with Gasteiger partial charge in [-0.1, -0.05) is 36.8 Å². The van der Waals surface area contributed by atoms with Gasteiger partial charge < -0.3 is 15.2 Å². The zero-order valence-electron chi connectivity index (χ0n) is 21.1. The van der Waals surface area contributed by atoms with E-state index in [1.54, 1.807) is 36.4 Å². The fourth-order valence-electron chi connectivity index (χ4n) is 5.22. The van der Waals surface area contributed by atoms with Gasteiger partial charge in [0.25, 0.3) is 15.9 Å². The van der Waals surface area contributed by atoms with Gasteiger partial charge in [0.15, 0.2) is 5.60 Å². The Morgan fingerprint density at radius 1 is 1.17 bits per heavy atom. The van der Waals surface area contributed by atoms with Crippen LogP contribution in [0.5, 0.6) is 0 Å². The molecule has 0 saturated carbocycles. The first-order chi connectivity index (χ1) is 17.0. The number of rotatable bonds is 9. The summed E-state index contributed by atoms with van der Waals surface area (Å²) >= 11 is 0. The van der Waals surface area contributed by atoms with Crippen molar-refractivity contribution in [1.29, 1.82) is 0 Å². The molecule has 0 aromatic heterocycles. The normalized spacial score (nSPS) is 22.3. The van der Waals surface area contributed by atoms with Crippen LogP contribution in [0.25, 0.3) is 0 Å². The number of hydrogen-bond donors (Lipinski definition) is 2. The average Bonchev–Trinajstić information content (AvgIpc) is 3.36. The van der Waals surface area contributed by atoms with E-state index in [1.807, 2.05) is 6.92 Å². The lowest BCUT2D eigenvalue weighted by Crippen LogP contribution is -2.46. The number of nitrogens with one attached hydrogen (secondary N) is 1. The Morgan fingerprint density at radius 2 is 1.89 bits per heavy atom. The molecule has 0 aliphatic carbocycles. The van der Waals surface area contributed by atoms with Crippen LogP contribution >= 0.6 is 0 Å². The van der Waals surface area contributed by atoms with Crippen LogP contribution < -0.4 is 9.62 Å². The number of aryl methyl sites for hydroxylation is 2. The number of aliphatic hydroxyl groups is 1. The zero-order chi connectivity index (χ0) is 26.1. The van der Waals surface area contributed by atoms with Crippen molar-refractivity contribution in [3.8, 4) is 0 Å². The van der Waals surface area contributed by atoms with Gasteiger partial charge in [0.2, 0.25) is 0 Å². The molecule has 3 atom stereocenters. The maximum Gasteiger partial charge on any atom is 0.277 e. The van der Waals surface area contributed by atoms with Crippen molar-refractivity contribution in [3.05, 3.63) is 59.2 Å². The summed E-state index contributed by atoms with van der Waals surface area (Å²) in [6.45, 7) is 6.15. The SMILES string of the molecule is CCC(O)(c1ccc2c(c1)CCC(CCNC1CCOC1)N2S(=O)(=O)c1ccc(C)cc1)C(C)(F)F. The highest BCUT2D eigenvalue weighted by Crippen LogP contribution is 2.43. The highest BCUT2D eigenvalue weighted by molar-refractivity contribution is 7.92. The number of fused-ring (bicyclic) bond motifs is 1. The van der Waals surface area contributed by atoms with Crippen molar-refractivity contribution in [2.45, 2.75) is 81.4 Å². The molecule has 198 valence electrons. The molecule has 2 aromatic carbocycles. The van der Waals surface area contributed by atoms with Crippen molar-refractivity contribution >= 4 is 15.7 Å². The third kappa shape index (κ3) is 5.16. The lowest BCUT2D eigenvalue weighted by molar-refractivity contribution is -0.177. The maximum absolute atomic E-state index is 14.4. The quantitative estimate of drug-likeness (QED) is 0.506. The summed E-state index contributed by atoms with van der Waals surface area (Å²) in [4.78, 5) is 0.192. The van der Waals surface area contributed by atoms with E-state index >= 15 is 0 Å². The molecule has 2 aliphatic rings. The lowest BCUT2D eigenvalue weighted by Gasteiger charge is -2.40. The topological polar surface area (TPSA) is 78.9 Å². The number of nitrogens with zero attached hydrogens (tertiary/aromatic N) is 1. The molecule has 0 amide bonds. The van der Waals surface area contributed by atoms with Crippen LogP contribution in [0.1, 0.15) is 56.2 Å². The second kappa shape index (κ2) is 10.4. The fraction of sp³-hybridized carbons (Fsp3) is 0.556. The highest BCUT2D eigenvalue weighted by atomic mass is 32.2. The minimum absolute atomic E-state index is 0.102. The molecule has 9 heteroatoms. The summed E-state index contributed by atoms with van der Waals surface area (Å²) in [6.07, 6.45) is 2.46. The van der Waals surface area contributed by atoms with E-state index in [-0.39, 0.29) is 29.0 Å². The van der Waals surface area contributed by atoms with Crippen LogP contribution in [0.4, 0.5) is 14.5 Å². The first-order valence-corrected chi connectivity index (χ1v) is 14.1. The molecule has 2 N–H and O–H groups in total. The first-order valence-electron chi connectivity index (χ1n) is 12.6. The van der Waals surface area contributed by atoms with Crippen molar-refractivity contribution < 1.29 is 27.0 Å². The van der Waals surface area contributed by atoms with E-state index in [2.05, 4.69) is 5.32 Å². The van der Waals surface area contributed by atoms with Gasteiger partial charge in [-0.2, -0.15) is 0 Å². The maximum atomic E-state index is 14.4. The Bertz CT molecular complexity index is 1160. The summed E-state index contributed by atoms with van der Waals surface area (Å²) in [6, 6.07) is 11.3. The number of halogens is 2. The van der Waals surface area contributed by atoms with Gasteiger partial charge in [0.05, 0.1) is 17.2 Å². The Kier molecular flexibility index (Phi) is 7.76. The van der Waals surface area contributed by atoms with Crippen LogP contribution in [-0.4, -0.2) is 51.3 Å². The predicted molar refractivity (Wildman–Crippen MR) is 136 cm³/mol. The van der Waals surface area contributed by atoms with Gasteiger partial charge in [-0.3, -0.25) is 4.31 Å². The van der Waals surface area contributed by atoms with Gasteiger partial charge >= 0.3 is 0 Å². The third-order valence-corrected chi connectivity index (χ3v) is 9.41. The fourth-order valence-corrected chi connectivity index (χ4v) is 6.97. The minimum atomic E-state index is -3.90. The lowest BCUT2D eigenvalue weighted by atomic mass is 9.83. The third-order valence-electron chi connectivity index (χ3n) is 7.53. The van der Waals surface area contributed by atoms with E-state index in [0.29, 0.717) is 50.6 Å². The average molecular weight is 523 g/mol. The van der Waals surface area contributed by atoms with E-state index in [4.69, 9.17) is 4.74 Å². The molecular weight excluding hydrogens is 486 g/mol. The van der Waals surface area contributed by atoms with Crippen molar-refractivity contribution in [2.75, 3.05) is 24.1 Å². The standard InChI is InChI=1S/C27H36F2N2O4S/c1-4-27(32,26(3,28)29)21-8-12-25-20(17-21)7-9-23(13-15-30-22-14-16-35-18-22)31(25)36(33,34)24-10-5-19(2)6-11-24/h5-6,8,10-12,17,22-23,30,32H,4,7,9,13-16,18H2,1-3H3. The Balaban J connectivity index is 1.70. The molecule has 0 radical (unpaired) electrons. The largest absolute Gasteiger partial charge is 0.380 e. The van der Waals surface area contributed by atoms with Gasteiger partial charge in [0.1, 0.15) is 0 Å². The van der Waals surface area contributed by atoms with Crippen molar-refractivity contribution in [2.24, 2.45) is 0 Å². The highest BCUT2D eigenvalue weighted by Gasteiger charge is 2.49. The summed E-state index contributed by atoms with van der Waals surface area (Å²) in [5, 5.41) is 14.3. The molecule has 0 bridgehead atoms. The van der Waals surface area contributed by atoms with E-state index < -0.39 is 21.5 Å². The van der Waals surface area contributed by atoms with Gasteiger partial charge in [0, 0.05) is 25.6 Å². The number of anilines is 1. The minimum Gasteiger partial charge on any atom is -0.380 e. The van der Waals surface area contributed by atoms with Crippen LogP contribution in [0.3, 0.4) is 0 Å². The van der Waals surface area contributed by atoms with Crippen molar-refractivity contribution in [3.63, 3.8) is 0 Å². The molecule has 36 heavy (non-hydrogen) atoms. The number of alkyl halides is 2. The van der Waals surface area contributed by atoms with E-state index in [0.717, 1.165) is 18.6 Å². The van der Waals surface area contributed by atoms with Crippen molar-refractivity contribution in [1.82, 2.24) is 5.32 Å². The van der Waals surface area contributed by atoms with Crippen LogP contribution in [0, 0.1) is 6.92 Å². The van der Waals surface area contributed by atoms with Gasteiger partial charge in [-0.15, -0.1) is 0 Å². The van der Waals surface area contributed by atoms with Crippen LogP contribution in [0.2, 0.25) is 0 Å². The van der Waals surface area contributed by atoms with Gasteiger partial charge in [-0.25, -0.2) is 17.2 Å². The second-order valence-corrected chi connectivity index (χ2v) is 11.9. The Labute approximate surface area is 212 Å². The van der Waals surface area contributed by atoms with E-state index in [9.17, 15) is 22.3 Å². The molecule has 0 spiro atoms. The Hall–Kier alpha value is -2.07. The van der Waals surface area contributed by atoms with E-state index in [1.165, 1.54) is 17.3 Å². The summed E-state index contributed by atoms with van der Waals surface area (Å²) in [5.74, 6) is -3.35. The van der Waals surface area contributed by atoms with Crippen LogP contribution in [-0.2, 0) is 26.8 Å². The predicted octanol–water partition coefficient (Wildman–Crippen LogP) is 4.53. The zero-order valence-corrected chi connectivity index (χ0v) is 22.0. The number of benzene rings is 2. The number of sulfonamides is 1. The first kappa shape index (κ1) is 27.0. The number of ether oxygens (including phenoxy) is 1. The second-order valence-electron chi connectivity index (χ2n) is 10.1. The molecule has 2 heterocycles. The summed E-state index contributed by atoms with van der Waals surface area (Å²) in [7, 11) is -3.90. The molecule has 2 aromatic rings. The van der Waals surface area contributed by atoms with Gasteiger partial charge in [-0.05, 0) is 74.9 Å². The molecule has 2 aliphatic heterocycles. The molecule has 1 fully saturated rings. The smallest absolute Gasteiger partial charge is 0.277 e. The Morgan fingerprint density at radius 3 is 2.50 bits per heavy atom. The summed E-state index contributed by atoms with van der Waals surface area (Å²) in [5.41, 5.74) is -0.139.